The van der Waals surface area contributed by atoms with Crippen molar-refractivity contribution >= 4 is 17.5 Å². The minimum Gasteiger partial charge on any atom is -0.465 e. The molecule has 4 heterocycles. The first-order valence-corrected chi connectivity index (χ1v) is 18.7. The minimum absolute atomic E-state index is 0.125. The van der Waals surface area contributed by atoms with Crippen molar-refractivity contribution in [1.29, 1.82) is 0 Å². The van der Waals surface area contributed by atoms with Gasteiger partial charge in [-0.1, -0.05) is 48.6 Å². The predicted molar refractivity (Wildman–Crippen MR) is 213 cm³/mol. The Morgan fingerprint density at radius 1 is 0.769 bits per heavy atom. The number of rotatable bonds is 16. The first-order valence-electron chi connectivity index (χ1n) is 18.7. The van der Waals surface area contributed by atoms with Gasteiger partial charge in [0.2, 0.25) is 0 Å². The van der Waals surface area contributed by atoms with E-state index in [1.165, 1.54) is 43.7 Å². The van der Waals surface area contributed by atoms with Gasteiger partial charge < -0.3 is 33.6 Å². The highest BCUT2D eigenvalue weighted by Crippen LogP contribution is 2.37. The number of benzene rings is 2. The zero-order valence-electron chi connectivity index (χ0n) is 31.7. The van der Waals surface area contributed by atoms with Crippen LogP contribution < -0.4 is 24.3 Å². The van der Waals surface area contributed by atoms with Gasteiger partial charge in [0.15, 0.2) is 36.8 Å². The van der Waals surface area contributed by atoms with Crippen LogP contribution in [0.5, 0.6) is 11.5 Å². The molecule has 3 aliphatic heterocycles. The van der Waals surface area contributed by atoms with Crippen LogP contribution >= 0.6 is 0 Å². The highest BCUT2D eigenvalue weighted by atomic mass is 16.5. The molecule has 0 spiro atoms. The molecule has 8 nitrogen and oxygen atoms in total. The van der Waals surface area contributed by atoms with E-state index in [9.17, 15) is 0 Å². The average Bonchev–Trinajstić information content (AvgIpc) is 3.69. The molecule has 2 aromatic carbocycles. The van der Waals surface area contributed by atoms with Gasteiger partial charge in [0.1, 0.15) is 5.75 Å². The number of fused-ring (bicyclic) bond motifs is 2. The molecular formula is C44H57N6O2+3. The number of hydrogen-bond acceptors (Lipinski definition) is 5. The van der Waals surface area contributed by atoms with Gasteiger partial charge in [0.25, 0.3) is 0 Å². The molecule has 8 heteroatoms. The monoisotopic (exact) mass is 701 g/mol. The minimum atomic E-state index is -0.125. The van der Waals surface area contributed by atoms with Gasteiger partial charge in [-0.15, -0.1) is 0 Å². The summed E-state index contributed by atoms with van der Waals surface area (Å²) in [6, 6.07) is 20.5. The lowest BCUT2D eigenvalue weighted by molar-refractivity contribution is -0.910. The normalized spacial score (nSPS) is 17.5. The van der Waals surface area contributed by atoms with Crippen molar-refractivity contribution in [3.05, 3.63) is 145 Å². The van der Waals surface area contributed by atoms with Gasteiger partial charge in [-0.05, 0) is 59.7 Å². The second-order valence-electron chi connectivity index (χ2n) is 15.3. The number of pyridine rings is 1. The maximum absolute atomic E-state index is 5.97. The first kappa shape index (κ1) is 36.7. The molecule has 6 rings (SSSR count). The molecule has 0 radical (unpaired) electrons. The van der Waals surface area contributed by atoms with Gasteiger partial charge in [-0.25, -0.2) is 4.57 Å². The van der Waals surface area contributed by atoms with Crippen molar-refractivity contribution in [3.63, 3.8) is 0 Å². The van der Waals surface area contributed by atoms with Crippen LogP contribution in [0.2, 0.25) is 0 Å². The SMILES string of the molecule is CN1C(=CC=Cc2cc[n+](CCC[N+](C)(C)CCC[N+](C)(C)CCCN3C=CC(=C/C=C/C4Nc5ccccc5O4)C=C3)cc2)Oc2ccccc21. The molecule has 1 N–H and O–H groups in total. The second kappa shape index (κ2) is 17.0. The standard InChI is InChI=1S/C44H57N6O2/c1-46-40-18-7-9-20-42(40)52-44(46)22-11-16-38-25-31-48(32-26-38)28-13-34-50(4,5)36-14-35-49(2,3)33-12-27-47-29-23-37(24-30-47)15-10-21-43-45-39-17-6-8-19-41(39)51-43/h6-11,15-26,29-32,43,45H,12-14,27-28,33-36H2,1-5H3/q+3/b21-10+. The molecule has 0 aliphatic carbocycles. The van der Waals surface area contributed by atoms with E-state index >= 15 is 0 Å². The number of aryl methyl sites for hydroxylation is 1. The number of nitrogens with zero attached hydrogens (tertiary/aromatic N) is 5. The zero-order valence-corrected chi connectivity index (χ0v) is 31.7. The van der Waals surface area contributed by atoms with Gasteiger partial charge in [-0.2, -0.15) is 0 Å². The lowest BCUT2D eigenvalue weighted by Crippen LogP contribution is -2.47. The Morgan fingerprint density at radius 2 is 1.44 bits per heavy atom. The van der Waals surface area contributed by atoms with Gasteiger partial charge >= 0.3 is 0 Å². The van der Waals surface area contributed by atoms with E-state index < -0.39 is 0 Å². The molecule has 3 aromatic rings. The number of ether oxygens (including phenoxy) is 2. The summed E-state index contributed by atoms with van der Waals surface area (Å²) in [5.74, 6) is 2.64. The molecule has 52 heavy (non-hydrogen) atoms. The number of hydrogen-bond donors (Lipinski definition) is 1. The van der Waals surface area contributed by atoms with E-state index in [0.717, 1.165) is 63.7 Å². The highest BCUT2D eigenvalue weighted by Gasteiger charge is 2.22. The van der Waals surface area contributed by atoms with Crippen LogP contribution in [-0.2, 0) is 6.54 Å². The molecule has 0 bridgehead atoms. The lowest BCUT2D eigenvalue weighted by Gasteiger charge is -2.34. The summed E-state index contributed by atoms with van der Waals surface area (Å²) < 4.78 is 16.3. The van der Waals surface area contributed by atoms with E-state index in [-0.39, 0.29) is 6.23 Å². The summed E-state index contributed by atoms with van der Waals surface area (Å²) in [5, 5.41) is 3.37. The lowest BCUT2D eigenvalue weighted by atomic mass is 10.2. The molecule has 1 aromatic heterocycles. The summed E-state index contributed by atoms with van der Waals surface area (Å²) in [5.41, 5.74) is 4.50. The number of para-hydroxylation sites is 4. The van der Waals surface area contributed by atoms with E-state index in [4.69, 9.17) is 9.47 Å². The Balaban J connectivity index is 0.831. The molecule has 3 aliphatic rings. The third-order valence-corrected chi connectivity index (χ3v) is 10.0. The number of aromatic nitrogens is 1. The molecule has 0 fully saturated rings. The molecular weight excluding hydrogens is 645 g/mol. The number of anilines is 2. The Labute approximate surface area is 311 Å². The second-order valence-corrected chi connectivity index (χ2v) is 15.3. The Kier molecular flexibility index (Phi) is 12.0. The van der Waals surface area contributed by atoms with Crippen LogP contribution in [0.4, 0.5) is 11.4 Å². The predicted octanol–water partition coefficient (Wildman–Crippen LogP) is 7.34. The number of nitrogens with one attached hydrogen (secondary N) is 1. The van der Waals surface area contributed by atoms with E-state index in [2.05, 4.69) is 127 Å². The molecule has 1 atom stereocenters. The van der Waals surface area contributed by atoms with Crippen molar-refractivity contribution in [2.75, 3.05) is 78.2 Å². The van der Waals surface area contributed by atoms with E-state index in [1.54, 1.807) is 0 Å². The highest BCUT2D eigenvalue weighted by molar-refractivity contribution is 5.66. The zero-order chi connectivity index (χ0) is 36.4. The van der Waals surface area contributed by atoms with Crippen LogP contribution in [-0.4, -0.2) is 88.1 Å². The van der Waals surface area contributed by atoms with Crippen LogP contribution in [0.1, 0.15) is 24.8 Å². The summed E-state index contributed by atoms with van der Waals surface area (Å²) >= 11 is 0. The topological polar surface area (TPSA) is 40.9 Å². The Morgan fingerprint density at radius 3 is 2.17 bits per heavy atom. The smallest absolute Gasteiger partial charge is 0.200 e. The third kappa shape index (κ3) is 10.5. The number of allylic oxidation sites excluding steroid dienone is 7. The Hall–Kier alpha value is -5.05. The van der Waals surface area contributed by atoms with Crippen molar-refractivity contribution in [3.8, 4) is 11.5 Å². The summed E-state index contributed by atoms with van der Waals surface area (Å²) in [7, 11) is 11.5. The molecule has 0 saturated heterocycles. The van der Waals surface area contributed by atoms with Crippen molar-refractivity contribution < 1.29 is 23.0 Å². The van der Waals surface area contributed by atoms with Crippen molar-refractivity contribution in [1.82, 2.24) is 4.90 Å². The van der Waals surface area contributed by atoms with Crippen LogP contribution in [0.15, 0.2) is 139 Å². The number of quaternary nitrogens is 2. The summed E-state index contributed by atoms with van der Waals surface area (Å²) in [6.45, 7) is 6.81. The fraction of sp³-hybridized carbons (Fsp3) is 0.341. The van der Waals surface area contributed by atoms with Gasteiger partial charge in [0, 0.05) is 51.0 Å². The maximum atomic E-state index is 5.97. The summed E-state index contributed by atoms with van der Waals surface area (Å²) in [4.78, 5) is 4.37. The van der Waals surface area contributed by atoms with Gasteiger partial charge in [-0.3, -0.25) is 0 Å². The fourth-order valence-electron chi connectivity index (χ4n) is 6.84. The molecule has 272 valence electrons. The fourth-order valence-corrected chi connectivity index (χ4v) is 6.84. The quantitative estimate of drug-likeness (QED) is 0.125. The van der Waals surface area contributed by atoms with Crippen molar-refractivity contribution in [2.24, 2.45) is 0 Å². The third-order valence-electron chi connectivity index (χ3n) is 10.0. The maximum Gasteiger partial charge on any atom is 0.200 e. The van der Waals surface area contributed by atoms with E-state index in [1.807, 2.05) is 61.7 Å². The van der Waals surface area contributed by atoms with Crippen LogP contribution in [0, 0.1) is 0 Å². The Bertz CT molecular complexity index is 1790. The molecule has 0 saturated carbocycles. The average molecular weight is 702 g/mol. The van der Waals surface area contributed by atoms with E-state index in [0.29, 0.717) is 0 Å². The molecule has 0 amide bonds. The molecule has 1 unspecified atom stereocenters. The largest absolute Gasteiger partial charge is 0.465 e. The van der Waals surface area contributed by atoms with Crippen molar-refractivity contribution in [2.45, 2.75) is 32.0 Å². The van der Waals surface area contributed by atoms with Crippen LogP contribution in [0.25, 0.3) is 6.08 Å². The van der Waals surface area contributed by atoms with Gasteiger partial charge in [0.05, 0.1) is 72.2 Å². The summed E-state index contributed by atoms with van der Waals surface area (Å²) in [6.07, 6.45) is 29.0. The van der Waals surface area contributed by atoms with Crippen LogP contribution in [0.3, 0.4) is 0 Å². The first-order chi connectivity index (χ1) is 25.1.